The van der Waals surface area contributed by atoms with Crippen LogP contribution in [0.3, 0.4) is 0 Å². The zero-order valence-electron chi connectivity index (χ0n) is 9.43. The van der Waals surface area contributed by atoms with E-state index in [0.29, 0.717) is 16.4 Å². The number of H-pyrrole nitrogens is 1. The van der Waals surface area contributed by atoms with Crippen molar-refractivity contribution in [1.29, 1.82) is 0 Å². The van der Waals surface area contributed by atoms with Crippen LogP contribution in [0, 0.1) is 6.92 Å². The Morgan fingerprint density at radius 1 is 1.56 bits per heavy atom. The van der Waals surface area contributed by atoms with Crippen LogP contribution in [0.4, 0.5) is 0 Å². The number of aromatic amines is 1. The van der Waals surface area contributed by atoms with Gasteiger partial charge in [0.05, 0.1) is 24.8 Å². The van der Waals surface area contributed by atoms with Crippen molar-refractivity contribution in [1.82, 2.24) is 20.3 Å². The molecule has 2 heterocycles. The number of thiazole rings is 1. The van der Waals surface area contributed by atoms with Gasteiger partial charge in [-0.15, -0.1) is 11.3 Å². The third kappa shape index (κ3) is 2.54. The molecule has 0 radical (unpaired) electrons. The van der Waals surface area contributed by atoms with Gasteiger partial charge in [-0.1, -0.05) is 0 Å². The fraction of sp³-hybridized carbons (Fsp3) is 0.200. The minimum absolute atomic E-state index is 0.191. The number of nitrogens with zero attached hydrogens (tertiary/aromatic N) is 2. The molecule has 1 amide bonds. The average molecular weight is 266 g/mol. The molecule has 0 fully saturated rings. The van der Waals surface area contributed by atoms with Crippen LogP contribution in [-0.2, 0) is 6.54 Å². The monoisotopic (exact) mass is 266 g/mol. The van der Waals surface area contributed by atoms with Gasteiger partial charge in [-0.2, -0.15) is 0 Å². The number of carboxylic acids is 1. The number of carbonyl (C=O) groups is 2. The molecule has 2 rings (SSSR count). The Bertz CT molecular complexity index is 576. The summed E-state index contributed by atoms with van der Waals surface area (Å²) >= 11 is 1.06. The molecule has 0 saturated carbocycles. The smallest absolute Gasteiger partial charge is 0.347 e. The van der Waals surface area contributed by atoms with E-state index in [2.05, 4.69) is 20.3 Å². The molecule has 0 aromatic carbocycles. The number of carbonyl (C=O) groups excluding carboxylic acids is 1. The van der Waals surface area contributed by atoms with Crippen molar-refractivity contribution in [2.24, 2.45) is 0 Å². The number of nitrogens with one attached hydrogen (secondary N) is 2. The molecule has 0 atom stereocenters. The highest BCUT2D eigenvalue weighted by Crippen LogP contribution is 2.17. The molecular weight excluding hydrogens is 256 g/mol. The first-order chi connectivity index (χ1) is 8.58. The summed E-state index contributed by atoms with van der Waals surface area (Å²) in [6.45, 7) is 1.82. The Morgan fingerprint density at radius 2 is 2.33 bits per heavy atom. The van der Waals surface area contributed by atoms with Gasteiger partial charge in [-0.3, -0.25) is 4.79 Å². The molecule has 0 saturated heterocycles. The molecule has 3 N–H and O–H groups in total. The lowest BCUT2D eigenvalue weighted by molar-refractivity contribution is 0.0701. The third-order valence-corrected chi connectivity index (χ3v) is 3.32. The van der Waals surface area contributed by atoms with Gasteiger partial charge in [0.25, 0.3) is 5.91 Å². The number of aryl methyl sites for hydroxylation is 1. The van der Waals surface area contributed by atoms with Crippen molar-refractivity contribution < 1.29 is 14.7 Å². The number of aromatic nitrogens is 3. The molecule has 0 aliphatic carbocycles. The lowest BCUT2D eigenvalue weighted by Gasteiger charge is -1.99. The summed E-state index contributed by atoms with van der Waals surface area (Å²) in [4.78, 5) is 33.1. The van der Waals surface area contributed by atoms with Gasteiger partial charge in [-0.25, -0.2) is 14.8 Å². The fourth-order valence-electron chi connectivity index (χ4n) is 1.36. The van der Waals surface area contributed by atoms with Crippen molar-refractivity contribution in [2.45, 2.75) is 13.5 Å². The molecular formula is C10H10N4O3S. The maximum atomic E-state index is 11.6. The summed E-state index contributed by atoms with van der Waals surface area (Å²) in [5, 5.41) is 12.1. The lowest BCUT2D eigenvalue weighted by atomic mass is 10.4. The van der Waals surface area contributed by atoms with Gasteiger partial charge < -0.3 is 15.4 Å². The first-order valence-corrected chi connectivity index (χ1v) is 5.85. The summed E-state index contributed by atoms with van der Waals surface area (Å²) in [6.07, 6.45) is 2.82. The van der Waals surface area contributed by atoms with Gasteiger partial charge in [0.1, 0.15) is 15.6 Å². The highest BCUT2D eigenvalue weighted by molar-refractivity contribution is 7.13. The van der Waals surface area contributed by atoms with Crippen molar-refractivity contribution in [3.63, 3.8) is 0 Å². The Morgan fingerprint density at radius 3 is 2.89 bits per heavy atom. The van der Waals surface area contributed by atoms with E-state index >= 15 is 0 Å². The first-order valence-electron chi connectivity index (χ1n) is 5.04. The van der Waals surface area contributed by atoms with Crippen molar-refractivity contribution in [3.05, 3.63) is 33.8 Å². The number of hydrogen-bond acceptors (Lipinski definition) is 5. The number of hydrogen-bond donors (Lipinski definition) is 3. The van der Waals surface area contributed by atoms with Crippen molar-refractivity contribution >= 4 is 23.2 Å². The zero-order valence-corrected chi connectivity index (χ0v) is 10.2. The van der Waals surface area contributed by atoms with E-state index in [0.717, 1.165) is 11.3 Å². The summed E-state index contributed by atoms with van der Waals surface area (Å²) in [5.41, 5.74) is 0.806. The maximum Gasteiger partial charge on any atom is 0.347 e. The van der Waals surface area contributed by atoms with Crippen molar-refractivity contribution in [2.75, 3.05) is 0 Å². The second kappa shape index (κ2) is 4.96. The molecule has 0 aliphatic rings. The van der Waals surface area contributed by atoms with Crippen LogP contribution < -0.4 is 5.32 Å². The highest BCUT2D eigenvalue weighted by atomic mass is 32.1. The van der Waals surface area contributed by atoms with Crippen LogP contribution >= 0.6 is 11.3 Å². The number of carboxylic acid groups (broad SMARTS) is 1. The van der Waals surface area contributed by atoms with Gasteiger partial charge in [-0.05, 0) is 6.92 Å². The number of amides is 1. The highest BCUT2D eigenvalue weighted by Gasteiger charge is 2.14. The summed E-state index contributed by atoms with van der Waals surface area (Å²) in [6, 6.07) is 0. The second-order valence-corrected chi connectivity index (χ2v) is 4.56. The third-order valence-electron chi connectivity index (χ3n) is 2.18. The maximum absolute atomic E-state index is 11.6. The quantitative estimate of drug-likeness (QED) is 0.758. The van der Waals surface area contributed by atoms with E-state index in [4.69, 9.17) is 5.11 Å². The summed E-state index contributed by atoms with van der Waals surface area (Å²) in [5.74, 6) is -1.31. The van der Waals surface area contributed by atoms with Crippen LogP contribution in [0.5, 0.6) is 0 Å². The SMILES string of the molecule is Cc1nc(CNC(=O)c2cnc[nH]2)sc1C(=O)O. The number of rotatable bonds is 4. The standard InChI is InChI=1S/C10H10N4O3S/c1-5-8(10(16)17)18-7(14-5)3-12-9(15)6-2-11-4-13-6/h2,4H,3H2,1H3,(H,11,13)(H,12,15)(H,16,17). The summed E-state index contributed by atoms with van der Waals surface area (Å²) in [7, 11) is 0. The van der Waals surface area contributed by atoms with E-state index in [1.54, 1.807) is 6.92 Å². The molecule has 18 heavy (non-hydrogen) atoms. The zero-order chi connectivity index (χ0) is 13.1. The Labute approximate surface area is 106 Å². The molecule has 2 aromatic rings. The Hall–Kier alpha value is -2.22. The molecule has 2 aromatic heterocycles. The van der Waals surface area contributed by atoms with Crippen LogP contribution in [0.2, 0.25) is 0 Å². The average Bonchev–Trinajstić information content (AvgIpc) is 2.94. The molecule has 7 nitrogen and oxygen atoms in total. The summed E-state index contributed by atoms with van der Waals surface area (Å²) < 4.78 is 0. The predicted molar refractivity (Wildman–Crippen MR) is 63.6 cm³/mol. The van der Waals surface area contributed by atoms with E-state index < -0.39 is 5.97 Å². The minimum atomic E-state index is -1.00. The Balaban J connectivity index is 2.01. The topological polar surface area (TPSA) is 108 Å². The van der Waals surface area contributed by atoms with Gasteiger partial charge in [0, 0.05) is 0 Å². The largest absolute Gasteiger partial charge is 0.477 e. The number of imidazole rings is 1. The van der Waals surface area contributed by atoms with Crippen molar-refractivity contribution in [3.8, 4) is 0 Å². The normalized spacial score (nSPS) is 10.3. The first kappa shape index (κ1) is 12.2. The molecule has 8 heteroatoms. The van der Waals surface area contributed by atoms with Crippen LogP contribution in [0.15, 0.2) is 12.5 Å². The molecule has 94 valence electrons. The second-order valence-electron chi connectivity index (χ2n) is 3.48. The van der Waals surface area contributed by atoms with E-state index in [1.807, 2.05) is 0 Å². The Kier molecular flexibility index (Phi) is 3.38. The molecule has 0 aliphatic heterocycles. The lowest BCUT2D eigenvalue weighted by Crippen LogP contribution is -2.22. The molecule has 0 spiro atoms. The van der Waals surface area contributed by atoms with E-state index in [-0.39, 0.29) is 17.3 Å². The van der Waals surface area contributed by atoms with Crippen LogP contribution in [0.25, 0.3) is 0 Å². The fourth-order valence-corrected chi connectivity index (χ4v) is 2.20. The van der Waals surface area contributed by atoms with Crippen LogP contribution in [0.1, 0.15) is 30.9 Å². The van der Waals surface area contributed by atoms with E-state index in [1.165, 1.54) is 12.5 Å². The predicted octanol–water partition coefficient (Wildman–Crippen LogP) is 0.803. The van der Waals surface area contributed by atoms with Gasteiger partial charge >= 0.3 is 5.97 Å². The van der Waals surface area contributed by atoms with E-state index in [9.17, 15) is 9.59 Å². The number of aromatic carboxylic acids is 1. The van der Waals surface area contributed by atoms with Crippen LogP contribution in [-0.4, -0.2) is 31.9 Å². The molecule has 0 unspecified atom stereocenters. The van der Waals surface area contributed by atoms with Gasteiger partial charge in [0.2, 0.25) is 0 Å². The van der Waals surface area contributed by atoms with Gasteiger partial charge in [0.15, 0.2) is 0 Å². The molecule has 0 bridgehead atoms. The minimum Gasteiger partial charge on any atom is -0.477 e.